The molecule has 0 saturated heterocycles. The Bertz CT molecular complexity index is 578. The monoisotopic (exact) mass is 281 g/mol. The molecule has 0 amide bonds. The van der Waals surface area contributed by atoms with Crippen molar-refractivity contribution in [2.75, 3.05) is 11.9 Å². The van der Waals surface area contributed by atoms with Gasteiger partial charge in [-0.25, -0.2) is 9.67 Å². The summed E-state index contributed by atoms with van der Waals surface area (Å²) in [4.78, 5) is 15.8. The van der Waals surface area contributed by atoms with Gasteiger partial charge in [0.05, 0.1) is 18.2 Å². The van der Waals surface area contributed by atoms with Crippen molar-refractivity contribution >= 4 is 17.3 Å². The highest BCUT2D eigenvalue weighted by Gasteiger charge is 2.08. The molecule has 7 heteroatoms. The van der Waals surface area contributed by atoms with Crippen LogP contribution in [0.3, 0.4) is 0 Å². The molecule has 102 valence electrons. The van der Waals surface area contributed by atoms with Crippen molar-refractivity contribution in [3.05, 3.63) is 40.3 Å². The summed E-state index contributed by atoms with van der Waals surface area (Å²) in [7, 11) is 0. The lowest BCUT2D eigenvalue weighted by Gasteiger charge is -2.10. The number of halogens is 1. The molecule has 2 aromatic rings. The van der Waals surface area contributed by atoms with E-state index in [0.717, 1.165) is 13.0 Å². The topological polar surface area (TPSA) is 64.7 Å². The predicted octanol–water partition coefficient (Wildman–Crippen LogP) is 1.62. The van der Waals surface area contributed by atoms with E-state index < -0.39 is 0 Å². The SMILES string of the molecule is CCCn1ncc(NCCn2ccnc2)c(Cl)c1=O. The molecule has 6 nitrogen and oxygen atoms in total. The van der Waals surface area contributed by atoms with E-state index in [1.54, 1.807) is 18.7 Å². The van der Waals surface area contributed by atoms with Crippen LogP contribution in [0.1, 0.15) is 13.3 Å². The average Bonchev–Trinajstić information content (AvgIpc) is 2.91. The maximum Gasteiger partial charge on any atom is 0.287 e. The largest absolute Gasteiger partial charge is 0.381 e. The van der Waals surface area contributed by atoms with E-state index in [2.05, 4.69) is 15.4 Å². The minimum atomic E-state index is -0.254. The summed E-state index contributed by atoms with van der Waals surface area (Å²) in [6, 6.07) is 0. The van der Waals surface area contributed by atoms with Gasteiger partial charge in [-0.05, 0) is 6.42 Å². The van der Waals surface area contributed by atoms with Gasteiger partial charge < -0.3 is 9.88 Å². The molecule has 0 spiro atoms. The maximum atomic E-state index is 11.9. The fourth-order valence-electron chi connectivity index (χ4n) is 1.70. The van der Waals surface area contributed by atoms with Gasteiger partial charge in [-0.1, -0.05) is 18.5 Å². The highest BCUT2D eigenvalue weighted by atomic mass is 35.5. The standard InChI is InChI=1S/C12H16ClN5O/c1-2-5-18-12(19)11(13)10(8-16-18)15-4-7-17-6-3-14-9-17/h3,6,8-9,15H,2,4-5,7H2,1H3. The minimum Gasteiger partial charge on any atom is -0.381 e. The molecule has 19 heavy (non-hydrogen) atoms. The molecular formula is C12H16ClN5O. The van der Waals surface area contributed by atoms with Crippen LogP contribution in [0.2, 0.25) is 5.02 Å². The van der Waals surface area contributed by atoms with E-state index in [0.29, 0.717) is 18.8 Å². The van der Waals surface area contributed by atoms with Crippen LogP contribution < -0.4 is 10.9 Å². The number of nitrogens with zero attached hydrogens (tertiary/aromatic N) is 4. The number of aryl methyl sites for hydroxylation is 1. The van der Waals surface area contributed by atoms with Crippen LogP contribution >= 0.6 is 11.6 Å². The fourth-order valence-corrected chi connectivity index (χ4v) is 1.91. The minimum absolute atomic E-state index is 0.189. The van der Waals surface area contributed by atoms with Crippen LogP contribution in [0.25, 0.3) is 0 Å². The Morgan fingerprint density at radius 2 is 2.26 bits per heavy atom. The third kappa shape index (κ3) is 3.35. The fraction of sp³-hybridized carbons (Fsp3) is 0.417. The lowest BCUT2D eigenvalue weighted by Crippen LogP contribution is -2.24. The van der Waals surface area contributed by atoms with Gasteiger partial charge in [-0.3, -0.25) is 4.79 Å². The molecule has 2 aromatic heterocycles. The number of aromatic nitrogens is 4. The Morgan fingerprint density at radius 3 is 2.95 bits per heavy atom. The first-order valence-electron chi connectivity index (χ1n) is 6.17. The molecule has 0 fully saturated rings. The lowest BCUT2D eigenvalue weighted by molar-refractivity contribution is 0.568. The predicted molar refractivity (Wildman–Crippen MR) is 74.5 cm³/mol. The van der Waals surface area contributed by atoms with Crippen LogP contribution in [0, 0.1) is 0 Å². The molecule has 0 aliphatic heterocycles. The summed E-state index contributed by atoms with van der Waals surface area (Å²) in [6.07, 6.45) is 7.77. The second kappa shape index (κ2) is 6.38. The van der Waals surface area contributed by atoms with Gasteiger partial charge >= 0.3 is 0 Å². The van der Waals surface area contributed by atoms with E-state index in [-0.39, 0.29) is 10.6 Å². The van der Waals surface area contributed by atoms with Gasteiger partial charge in [0.15, 0.2) is 0 Å². The van der Waals surface area contributed by atoms with Crippen LogP contribution in [-0.2, 0) is 13.1 Å². The number of hydrogen-bond donors (Lipinski definition) is 1. The first-order valence-corrected chi connectivity index (χ1v) is 6.55. The molecule has 0 aliphatic rings. The summed E-state index contributed by atoms with van der Waals surface area (Å²) >= 11 is 6.04. The summed E-state index contributed by atoms with van der Waals surface area (Å²) in [5.74, 6) is 0. The van der Waals surface area contributed by atoms with Gasteiger partial charge in [-0.2, -0.15) is 5.10 Å². The molecule has 0 atom stereocenters. The van der Waals surface area contributed by atoms with Gasteiger partial charge in [0.1, 0.15) is 5.02 Å². The summed E-state index contributed by atoms with van der Waals surface area (Å²) in [6.45, 7) is 3.95. The number of nitrogens with one attached hydrogen (secondary N) is 1. The Labute approximate surface area is 116 Å². The van der Waals surface area contributed by atoms with E-state index in [9.17, 15) is 4.79 Å². The highest BCUT2D eigenvalue weighted by Crippen LogP contribution is 2.14. The Morgan fingerprint density at radius 1 is 1.42 bits per heavy atom. The van der Waals surface area contributed by atoms with Crippen LogP contribution in [-0.4, -0.2) is 25.9 Å². The Balaban J connectivity index is 2.01. The van der Waals surface area contributed by atoms with Crippen molar-refractivity contribution in [2.24, 2.45) is 0 Å². The molecule has 0 aromatic carbocycles. The zero-order valence-corrected chi connectivity index (χ0v) is 11.5. The molecule has 0 bridgehead atoms. The third-order valence-electron chi connectivity index (χ3n) is 2.66. The second-order valence-corrected chi connectivity index (χ2v) is 4.51. The number of imidazole rings is 1. The van der Waals surface area contributed by atoms with Crippen molar-refractivity contribution < 1.29 is 0 Å². The van der Waals surface area contributed by atoms with Crippen LogP contribution in [0.4, 0.5) is 5.69 Å². The van der Waals surface area contributed by atoms with Crippen molar-refractivity contribution in [1.82, 2.24) is 19.3 Å². The quantitative estimate of drug-likeness (QED) is 0.874. The third-order valence-corrected chi connectivity index (χ3v) is 3.03. The van der Waals surface area contributed by atoms with Crippen molar-refractivity contribution in [1.29, 1.82) is 0 Å². The smallest absolute Gasteiger partial charge is 0.287 e. The average molecular weight is 282 g/mol. The first kappa shape index (κ1) is 13.6. The van der Waals surface area contributed by atoms with E-state index in [4.69, 9.17) is 11.6 Å². The molecule has 0 saturated carbocycles. The molecule has 0 unspecified atom stereocenters. The normalized spacial score (nSPS) is 10.6. The van der Waals surface area contributed by atoms with Crippen molar-refractivity contribution in [3.8, 4) is 0 Å². The second-order valence-electron chi connectivity index (χ2n) is 4.13. The zero-order valence-electron chi connectivity index (χ0n) is 10.7. The van der Waals surface area contributed by atoms with Crippen molar-refractivity contribution in [2.45, 2.75) is 26.4 Å². The van der Waals surface area contributed by atoms with E-state index in [1.165, 1.54) is 4.68 Å². The van der Waals surface area contributed by atoms with Gasteiger partial charge in [0.2, 0.25) is 0 Å². The molecule has 0 aliphatic carbocycles. The number of rotatable bonds is 6. The first-order chi connectivity index (χ1) is 9.22. The Kier molecular flexibility index (Phi) is 4.57. The highest BCUT2D eigenvalue weighted by molar-refractivity contribution is 6.32. The van der Waals surface area contributed by atoms with Gasteiger partial charge in [-0.15, -0.1) is 0 Å². The number of anilines is 1. The molecule has 0 radical (unpaired) electrons. The van der Waals surface area contributed by atoms with E-state index >= 15 is 0 Å². The molecule has 2 heterocycles. The van der Waals surface area contributed by atoms with E-state index in [1.807, 2.05) is 17.7 Å². The molecule has 2 rings (SSSR count). The molecule has 1 N–H and O–H groups in total. The van der Waals surface area contributed by atoms with Crippen LogP contribution in [0.15, 0.2) is 29.7 Å². The maximum absolute atomic E-state index is 11.9. The summed E-state index contributed by atoms with van der Waals surface area (Å²) < 4.78 is 3.32. The Hall–Kier alpha value is -1.82. The molecular weight excluding hydrogens is 266 g/mol. The van der Waals surface area contributed by atoms with Gasteiger partial charge in [0, 0.05) is 32.0 Å². The lowest BCUT2D eigenvalue weighted by atomic mass is 10.4. The number of hydrogen-bond acceptors (Lipinski definition) is 4. The van der Waals surface area contributed by atoms with Crippen molar-refractivity contribution in [3.63, 3.8) is 0 Å². The summed E-state index contributed by atoms with van der Waals surface area (Å²) in [5, 5.41) is 7.38. The zero-order chi connectivity index (χ0) is 13.7. The summed E-state index contributed by atoms with van der Waals surface area (Å²) in [5.41, 5.74) is 0.315. The van der Waals surface area contributed by atoms with Crippen LogP contribution in [0.5, 0.6) is 0 Å². The van der Waals surface area contributed by atoms with Gasteiger partial charge in [0.25, 0.3) is 5.56 Å².